The predicted molar refractivity (Wildman–Crippen MR) is 78.9 cm³/mol. The van der Waals surface area contributed by atoms with E-state index in [9.17, 15) is 4.79 Å². The highest BCUT2D eigenvalue weighted by atomic mass is 16.2. The number of carbonyl (C=O) groups is 1. The normalized spacial score (nSPS) is 19.0. The van der Waals surface area contributed by atoms with Crippen LogP contribution in [0.5, 0.6) is 0 Å². The van der Waals surface area contributed by atoms with Crippen LogP contribution in [0.4, 0.5) is 0 Å². The van der Waals surface area contributed by atoms with Crippen molar-refractivity contribution in [2.45, 2.75) is 39.2 Å². The largest absolute Gasteiger partial charge is 0.344 e. The summed E-state index contributed by atoms with van der Waals surface area (Å²) in [6.45, 7) is 4.65. The molecule has 0 saturated carbocycles. The van der Waals surface area contributed by atoms with Crippen LogP contribution in [-0.4, -0.2) is 37.1 Å². The van der Waals surface area contributed by atoms with Crippen molar-refractivity contribution in [3.05, 3.63) is 35.2 Å². The van der Waals surface area contributed by atoms with Crippen molar-refractivity contribution in [1.82, 2.24) is 24.6 Å². The Morgan fingerprint density at radius 1 is 1.33 bits per heavy atom. The number of hydrogen-bond donors (Lipinski definition) is 1. The lowest BCUT2D eigenvalue weighted by Crippen LogP contribution is -2.39. The Kier molecular flexibility index (Phi) is 3.53. The van der Waals surface area contributed by atoms with E-state index in [0.717, 1.165) is 48.8 Å². The smallest absolute Gasteiger partial charge is 0.271 e. The molecule has 1 aliphatic heterocycles. The Balaban J connectivity index is 1.91. The lowest BCUT2D eigenvalue weighted by molar-refractivity contribution is 0.0590. The molecule has 3 heterocycles. The second-order valence-electron chi connectivity index (χ2n) is 5.71. The van der Waals surface area contributed by atoms with Gasteiger partial charge in [-0.2, -0.15) is 5.10 Å². The molecule has 0 bridgehead atoms. The second kappa shape index (κ2) is 5.35. The summed E-state index contributed by atoms with van der Waals surface area (Å²) in [5.41, 5.74) is 1.81. The van der Waals surface area contributed by atoms with E-state index < -0.39 is 0 Å². The van der Waals surface area contributed by atoms with Crippen molar-refractivity contribution in [2.75, 3.05) is 6.54 Å². The molecule has 0 unspecified atom stereocenters. The van der Waals surface area contributed by atoms with Gasteiger partial charge in [-0.3, -0.25) is 9.89 Å². The standard InChI is InChI=1S/C15H21N5O/c1-10-7-8-13(19(10)3)15(21)20-9-5-4-6-12(20)14-16-11(2)17-18-14/h7-8,12H,4-6,9H2,1-3H3,(H,16,17,18)/t12-/m1/s1. The molecule has 1 amide bonds. The molecule has 1 aliphatic rings. The van der Waals surface area contributed by atoms with E-state index in [0.29, 0.717) is 0 Å². The van der Waals surface area contributed by atoms with Crippen LogP contribution in [-0.2, 0) is 7.05 Å². The van der Waals surface area contributed by atoms with E-state index in [1.165, 1.54) is 0 Å². The maximum Gasteiger partial charge on any atom is 0.271 e. The molecule has 6 nitrogen and oxygen atoms in total. The van der Waals surface area contributed by atoms with Gasteiger partial charge in [-0.05, 0) is 45.2 Å². The van der Waals surface area contributed by atoms with E-state index in [-0.39, 0.29) is 11.9 Å². The van der Waals surface area contributed by atoms with Crippen molar-refractivity contribution >= 4 is 5.91 Å². The van der Waals surface area contributed by atoms with Gasteiger partial charge in [0.1, 0.15) is 11.5 Å². The van der Waals surface area contributed by atoms with Gasteiger partial charge in [0.2, 0.25) is 0 Å². The van der Waals surface area contributed by atoms with Crippen molar-refractivity contribution in [3.8, 4) is 0 Å². The number of nitrogens with one attached hydrogen (secondary N) is 1. The van der Waals surface area contributed by atoms with Gasteiger partial charge in [0, 0.05) is 19.3 Å². The number of nitrogens with zero attached hydrogens (tertiary/aromatic N) is 4. The Hall–Kier alpha value is -2.11. The minimum absolute atomic E-state index is 0.0218. The number of aromatic nitrogens is 4. The fourth-order valence-electron chi connectivity index (χ4n) is 2.93. The number of aryl methyl sites for hydroxylation is 2. The first-order valence-electron chi connectivity index (χ1n) is 7.40. The highest BCUT2D eigenvalue weighted by Crippen LogP contribution is 2.30. The van der Waals surface area contributed by atoms with Gasteiger partial charge >= 0.3 is 0 Å². The molecule has 21 heavy (non-hydrogen) atoms. The molecule has 1 atom stereocenters. The molecule has 2 aromatic heterocycles. The summed E-state index contributed by atoms with van der Waals surface area (Å²) in [5, 5.41) is 7.13. The van der Waals surface area contributed by atoms with Gasteiger partial charge in [-0.1, -0.05) is 0 Å². The average molecular weight is 287 g/mol. The molecule has 0 radical (unpaired) electrons. The first kappa shape index (κ1) is 13.9. The van der Waals surface area contributed by atoms with E-state index in [4.69, 9.17) is 0 Å². The topological polar surface area (TPSA) is 66.8 Å². The van der Waals surface area contributed by atoms with Crippen molar-refractivity contribution in [3.63, 3.8) is 0 Å². The highest BCUT2D eigenvalue weighted by molar-refractivity contribution is 5.93. The first-order chi connectivity index (χ1) is 10.1. The molecule has 1 N–H and O–H groups in total. The first-order valence-corrected chi connectivity index (χ1v) is 7.40. The molecule has 0 spiro atoms. The third-order valence-electron chi connectivity index (χ3n) is 4.27. The van der Waals surface area contributed by atoms with Crippen molar-refractivity contribution in [1.29, 1.82) is 0 Å². The quantitative estimate of drug-likeness (QED) is 0.920. The van der Waals surface area contributed by atoms with Crippen LogP contribution in [0.3, 0.4) is 0 Å². The van der Waals surface area contributed by atoms with E-state index >= 15 is 0 Å². The molecule has 112 valence electrons. The van der Waals surface area contributed by atoms with E-state index in [1.807, 2.05) is 42.5 Å². The highest BCUT2D eigenvalue weighted by Gasteiger charge is 2.32. The third-order valence-corrected chi connectivity index (χ3v) is 4.27. The maximum absolute atomic E-state index is 12.9. The fourth-order valence-corrected chi connectivity index (χ4v) is 2.93. The van der Waals surface area contributed by atoms with Crippen LogP contribution in [0.15, 0.2) is 12.1 Å². The summed E-state index contributed by atoms with van der Waals surface area (Å²) in [5.74, 6) is 1.59. The number of aromatic amines is 1. The van der Waals surface area contributed by atoms with Gasteiger partial charge in [0.05, 0.1) is 6.04 Å². The second-order valence-corrected chi connectivity index (χ2v) is 5.71. The molecule has 1 saturated heterocycles. The van der Waals surface area contributed by atoms with Gasteiger partial charge in [-0.25, -0.2) is 4.98 Å². The van der Waals surface area contributed by atoms with Crippen LogP contribution >= 0.6 is 0 Å². The maximum atomic E-state index is 12.9. The molecule has 3 rings (SSSR count). The SMILES string of the molecule is Cc1nc([C@H]2CCCCN2C(=O)c2ccc(C)n2C)n[nH]1. The minimum atomic E-state index is -0.0218. The number of H-pyrrole nitrogens is 1. The van der Waals surface area contributed by atoms with Crippen LogP contribution in [0, 0.1) is 13.8 Å². The third kappa shape index (κ3) is 2.46. The lowest BCUT2D eigenvalue weighted by Gasteiger charge is -2.34. The summed E-state index contributed by atoms with van der Waals surface area (Å²) in [7, 11) is 1.93. The number of rotatable bonds is 2. The lowest BCUT2D eigenvalue weighted by atomic mass is 10.0. The molecule has 6 heteroatoms. The average Bonchev–Trinajstić information content (AvgIpc) is 3.06. The van der Waals surface area contributed by atoms with E-state index in [1.54, 1.807) is 0 Å². The van der Waals surface area contributed by atoms with Crippen LogP contribution in [0.1, 0.15) is 53.1 Å². The molecule has 1 fully saturated rings. The van der Waals surface area contributed by atoms with Crippen LogP contribution < -0.4 is 0 Å². The number of hydrogen-bond acceptors (Lipinski definition) is 3. The monoisotopic (exact) mass is 287 g/mol. The Morgan fingerprint density at radius 3 is 2.76 bits per heavy atom. The predicted octanol–water partition coefficient (Wildman–Crippen LogP) is 2.13. The van der Waals surface area contributed by atoms with Gasteiger partial charge in [0.25, 0.3) is 5.91 Å². The Bertz CT molecular complexity index is 657. The number of likely N-dealkylation sites (tertiary alicyclic amines) is 1. The molecule has 2 aromatic rings. The number of carbonyl (C=O) groups excluding carboxylic acids is 1. The fraction of sp³-hybridized carbons (Fsp3) is 0.533. The van der Waals surface area contributed by atoms with Crippen molar-refractivity contribution < 1.29 is 4.79 Å². The zero-order valence-corrected chi connectivity index (χ0v) is 12.8. The van der Waals surface area contributed by atoms with Gasteiger partial charge in [0.15, 0.2) is 5.82 Å². The van der Waals surface area contributed by atoms with E-state index in [2.05, 4.69) is 15.2 Å². The molecule has 0 aromatic carbocycles. The van der Waals surface area contributed by atoms with Crippen LogP contribution in [0.2, 0.25) is 0 Å². The number of amides is 1. The summed E-state index contributed by atoms with van der Waals surface area (Å²) >= 11 is 0. The summed E-state index contributed by atoms with van der Waals surface area (Å²) in [6.07, 6.45) is 3.07. The Labute approximate surface area is 124 Å². The summed E-state index contributed by atoms with van der Waals surface area (Å²) in [6, 6.07) is 3.85. The molecular formula is C15H21N5O. The van der Waals surface area contributed by atoms with Gasteiger partial charge in [-0.15, -0.1) is 0 Å². The summed E-state index contributed by atoms with van der Waals surface area (Å²) < 4.78 is 1.94. The molecular weight excluding hydrogens is 266 g/mol. The van der Waals surface area contributed by atoms with Crippen molar-refractivity contribution in [2.24, 2.45) is 7.05 Å². The zero-order chi connectivity index (χ0) is 15.0. The summed E-state index contributed by atoms with van der Waals surface area (Å²) in [4.78, 5) is 19.2. The number of piperidine rings is 1. The minimum Gasteiger partial charge on any atom is -0.344 e. The zero-order valence-electron chi connectivity index (χ0n) is 12.8. The Morgan fingerprint density at radius 2 is 2.14 bits per heavy atom. The van der Waals surface area contributed by atoms with Crippen LogP contribution in [0.25, 0.3) is 0 Å². The molecule has 0 aliphatic carbocycles. The van der Waals surface area contributed by atoms with Gasteiger partial charge < -0.3 is 9.47 Å².